The zero-order valence-corrected chi connectivity index (χ0v) is 11.6. The average molecular weight is 256 g/mol. The molecule has 4 heteroatoms. The minimum absolute atomic E-state index is 1.04. The molecule has 0 aliphatic carbocycles. The normalized spacial score (nSPS) is 15.8. The summed E-state index contributed by atoms with van der Waals surface area (Å²) in [7, 11) is 2.02. The molecule has 1 fully saturated rings. The molecule has 100 valence electrons. The molecule has 0 atom stereocenters. The molecule has 1 aromatic carbocycles. The number of benzene rings is 1. The highest BCUT2D eigenvalue weighted by Crippen LogP contribution is 2.32. The Morgan fingerprint density at radius 1 is 1.16 bits per heavy atom. The zero-order chi connectivity index (χ0) is 13.2. The van der Waals surface area contributed by atoms with Crippen molar-refractivity contribution >= 4 is 5.69 Å². The lowest BCUT2D eigenvalue weighted by atomic mass is 10.0. The molecule has 1 N–H and O–H groups in total. The lowest BCUT2D eigenvalue weighted by molar-refractivity contribution is 0.589. The molecule has 0 radical (unpaired) electrons. The van der Waals surface area contributed by atoms with Gasteiger partial charge in [-0.25, -0.2) is 0 Å². The molecule has 19 heavy (non-hydrogen) atoms. The highest BCUT2D eigenvalue weighted by Gasteiger charge is 2.19. The molecule has 0 amide bonds. The first-order chi connectivity index (χ1) is 9.27. The van der Waals surface area contributed by atoms with Gasteiger partial charge in [-0.1, -0.05) is 24.3 Å². The summed E-state index contributed by atoms with van der Waals surface area (Å²) in [5.74, 6) is 0. The van der Waals surface area contributed by atoms with Crippen molar-refractivity contribution in [3.05, 3.63) is 36.0 Å². The van der Waals surface area contributed by atoms with E-state index in [9.17, 15) is 0 Å². The lowest BCUT2D eigenvalue weighted by Crippen LogP contribution is -2.43. The highest BCUT2D eigenvalue weighted by atomic mass is 15.3. The molecule has 1 aliphatic rings. The number of anilines is 1. The van der Waals surface area contributed by atoms with E-state index >= 15 is 0 Å². The number of aromatic nitrogens is 2. The number of rotatable bonds is 2. The van der Waals surface area contributed by atoms with Crippen LogP contribution in [0.25, 0.3) is 11.3 Å². The molecule has 0 saturated carbocycles. The summed E-state index contributed by atoms with van der Waals surface area (Å²) in [5.41, 5.74) is 5.04. The predicted molar refractivity (Wildman–Crippen MR) is 78.5 cm³/mol. The predicted octanol–water partition coefficient (Wildman–Crippen LogP) is 1.81. The second kappa shape index (κ2) is 5.05. The number of aryl methyl sites for hydroxylation is 2. The van der Waals surface area contributed by atoms with Gasteiger partial charge in [0.2, 0.25) is 0 Å². The SMILES string of the molecule is Cc1ccccc1-c1c(N2CCNCC2)cnn1C. The van der Waals surface area contributed by atoms with Crippen LogP contribution in [0.15, 0.2) is 30.5 Å². The zero-order valence-electron chi connectivity index (χ0n) is 11.6. The molecular formula is C15H20N4. The van der Waals surface area contributed by atoms with Crippen LogP contribution in [0.1, 0.15) is 5.56 Å². The maximum atomic E-state index is 4.46. The van der Waals surface area contributed by atoms with Crippen molar-refractivity contribution in [3.8, 4) is 11.3 Å². The number of hydrogen-bond acceptors (Lipinski definition) is 3. The van der Waals surface area contributed by atoms with E-state index in [4.69, 9.17) is 0 Å². The first-order valence-corrected chi connectivity index (χ1v) is 6.81. The second-order valence-electron chi connectivity index (χ2n) is 5.05. The smallest absolute Gasteiger partial charge is 0.0915 e. The Morgan fingerprint density at radius 2 is 1.89 bits per heavy atom. The largest absolute Gasteiger partial charge is 0.366 e. The van der Waals surface area contributed by atoms with Crippen LogP contribution in [-0.2, 0) is 7.05 Å². The first kappa shape index (κ1) is 12.2. The van der Waals surface area contributed by atoms with Crippen molar-refractivity contribution in [1.29, 1.82) is 0 Å². The Hall–Kier alpha value is -1.81. The van der Waals surface area contributed by atoms with E-state index in [1.54, 1.807) is 0 Å². The van der Waals surface area contributed by atoms with Crippen LogP contribution in [0, 0.1) is 6.92 Å². The van der Waals surface area contributed by atoms with Crippen molar-refractivity contribution in [2.75, 3.05) is 31.1 Å². The standard InChI is InChI=1S/C15H20N4/c1-12-5-3-4-6-13(12)15-14(11-17-18(15)2)19-9-7-16-8-10-19/h3-6,11,16H,7-10H2,1-2H3. The second-order valence-corrected chi connectivity index (χ2v) is 5.05. The quantitative estimate of drug-likeness (QED) is 0.889. The molecule has 2 aromatic rings. The summed E-state index contributed by atoms with van der Waals surface area (Å²) in [6, 6.07) is 8.51. The van der Waals surface area contributed by atoms with Gasteiger partial charge in [-0.2, -0.15) is 5.10 Å². The molecule has 1 saturated heterocycles. The van der Waals surface area contributed by atoms with Gasteiger partial charge in [0, 0.05) is 38.8 Å². The van der Waals surface area contributed by atoms with E-state index in [1.165, 1.54) is 22.5 Å². The Kier molecular flexibility index (Phi) is 3.25. The molecule has 0 spiro atoms. The third-order valence-electron chi connectivity index (χ3n) is 3.78. The lowest BCUT2D eigenvalue weighted by Gasteiger charge is -2.29. The van der Waals surface area contributed by atoms with Crippen LogP contribution in [0.4, 0.5) is 5.69 Å². The van der Waals surface area contributed by atoms with Crippen molar-refractivity contribution in [3.63, 3.8) is 0 Å². The molecule has 0 unspecified atom stereocenters. The summed E-state index contributed by atoms with van der Waals surface area (Å²) in [5, 5.41) is 7.86. The molecular weight excluding hydrogens is 236 g/mol. The number of nitrogens with one attached hydrogen (secondary N) is 1. The van der Waals surface area contributed by atoms with Crippen molar-refractivity contribution in [2.45, 2.75) is 6.92 Å². The van der Waals surface area contributed by atoms with Crippen LogP contribution in [0.3, 0.4) is 0 Å². The Balaban J connectivity index is 2.06. The molecule has 0 bridgehead atoms. The van der Waals surface area contributed by atoms with Crippen LogP contribution < -0.4 is 10.2 Å². The molecule has 3 rings (SSSR count). The van der Waals surface area contributed by atoms with Gasteiger partial charge in [-0.05, 0) is 12.5 Å². The van der Waals surface area contributed by atoms with Gasteiger partial charge < -0.3 is 10.2 Å². The van der Waals surface area contributed by atoms with Gasteiger partial charge in [0.05, 0.1) is 17.6 Å². The van der Waals surface area contributed by atoms with Gasteiger partial charge in [0.15, 0.2) is 0 Å². The molecule has 4 nitrogen and oxygen atoms in total. The van der Waals surface area contributed by atoms with Crippen molar-refractivity contribution < 1.29 is 0 Å². The van der Waals surface area contributed by atoms with Gasteiger partial charge in [0.25, 0.3) is 0 Å². The fraction of sp³-hybridized carbons (Fsp3) is 0.400. The van der Waals surface area contributed by atoms with Gasteiger partial charge in [-0.15, -0.1) is 0 Å². The molecule has 1 aliphatic heterocycles. The monoisotopic (exact) mass is 256 g/mol. The molecule has 1 aromatic heterocycles. The third kappa shape index (κ3) is 2.24. The highest BCUT2D eigenvalue weighted by molar-refractivity contribution is 5.77. The van der Waals surface area contributed by atoms with Gasteiger partial charge >= 0.3 is 0 Å². The van der Waals surface area contributed by atoms with E-state index in [-0.39, 0.29) is 0 Å². The Morgan fingerprint density at radius 3 is 2.63 bits per heavy atom. The third-order valence-corrected chi connectivity index (χ3v) is 3.78. The first-order valence-electron chi connectivity index (χ1n) is 6.81. The maximum absolute atomic E-state index is 4.46. The topological polar surface area (TPSA) is 33.1 Å². The van der Waals surface area contributed by atoms with Crippen molar-refractivity contribution in [1.82, 2.24) is 15.1 Å². The van der Waals surface area contributed by atoms with Crippen LogP contribution in [0.2, 0.25) is 0 Å². The number of hydrogen-bond donors (Lipinski definition) is 1. The molecule has 2 heterocycles. The van der Waals surface area contributed by atoms with E-state index < -0.39 is 0 Å². The van der Waals surface area contributed by atoms with E-state index in [1.807, 2.05) is 17.9 Å². The minimum Gasteiger partial charge on any atom is -0.366 e. The number of piperazine rings is 1. The average Bonchev–Trinajstić information content (AvgIpc) is 2.82. The fourth-order valence-electron chi connectivity index (χ4n) is 2.71. The minimum atomic E-state index is 1.04. The van der Waals surface area contributed by atoms with Gasteiger partial charge in [0.1, 0.15) is 0 Å². The van der Waals surface area contributed by atoms with E-state index in [2.05, 4.69) is 46.5 Å². The fourth-order valence-corrected chi connectivity index (χ4v) is 2.71. The van der Waals surface area contributed by atoms with Crippen LogP contribution in [0.5, 0.6) is 0 Å². The summed E-state index contributed by atoms with van der Waals surface area (Å²) >= 11 is 0. The van der Waals surface area contributed by atoms with Crippen LogP contribution in [-0.4, -0.2) is 36.0 Å². The summed E-state index contributed by atoms with van der Waals surface area (Å²) in [6.07, 6.45) is 1.99. The number of nitrogens with zero attached hydrogens (tertiary/aromatic N) is 3. The van der Waals surface area contributed by atoms with Crippen molar-refractivity contribution in [2.24, 2.45) is 7.05 Å². The summed E-state index contributed by atoms with van der Waals surface area (Å²) < 4.78 is 1.99. The summed E-state index contributed by atoms with van der Waals surface area (Å²) in [6.45, 7) is 6.34. The summed E-state index contributed by atoms with van der Waals surface area (Å²) in [4.78, 5) is 2.42. The Labute approximate surface area is 114 Å². The maximum Gasteiger partial charge on any atom is 0.0915 e. The van der Waals surface area contributed by atoms with Crippen LogP contribution >= 0.6 is 0 Å². The van der Waals surface area contributed by atoms with Gasteiger partial charge in [-0.3, -0.25) is 4.68 Å². The van der Waals surface area contributed by atoms with E-state index in [0.29, 0.717) is 0 Å². The van der Waals surface area contributed by atoms with E-state index in [0.717, 1.165) is 26.2 Å². The Bertz CT molecular complexity index is 567.